The molecule has 1 aromatic rings. The lowest BCUT2D eigenvalue weighted by Gasteiger charge is -1.98. The van der Waals surface area contributed by atoms with Crippen LogP contribution < -0.4 is 5.73 Å². The zero-order chi connectivity index (χ0) is 11.2. The van der Waals surface area contributed by atoms with Crippen LogP contribution in [0.1, 0.15) is 11.5 Å². The Hall–Kier alpha value is -0.940. The third kappa shape index (κ3) is 1.89. The minimum absolute atomic E-state index is 0.254. The van der Waals surface area contributed by atoms with Gasteiger partial charge >= 0.3 is 0 Å². The maximum Gasteiger partial charge on any atom is 0.152 e. The second kappa shape index (κ2) is 3.28. The lowest BCUT2D eigenvalue weighted by Crippen LogP contribution is -2.13. The SMILES string of the molecule is CS(=O)(=O)[C@@H]1[C@@H](N)[C@@H]1c1cccc(F)c1. The van der Waals surface area contributed by atoms with Crippen LogP contribution in [0, 0.1) is 5.82 Å². The minimum Gasteiger partial charge on any atom is -0.326 e. The molecule has 1 aliphatic rings. The lowest BCUT2D eigenvalue weighted by atomic mass is 10.1. The molecule has 1 aromatic carbocycles. The Morgan fingerprint density at radius 1 is 1.40 bits per heavy atom. The fourth-order valence-corrected chi connectivity index (χ4v) is 3.50. The minimum atomic E-state index is -3.14. The van der Waals surface area contributed by atoms with Crippen molar-refractivity contribution >= 4 is 9.84 Å². The summed E-state index contributed by atoms with van der Waals surface area (Å²) in [4.78, 5) is 0. The van der Waals surface area contributed by atoms with Crippen LogP contribution in [0.2, 0.25) is 0 Å². The van der Waals surface area contributed by atoms with E-state index in [1.165, 1.54) is 12.1 Å². The van der Waals surface area contributed by atoms with Crippen LogP contribution >= 0.6 is 0 Å². The summed E-state index contributed by atoms with van der Waals surface area (Å²) in [6.07, 6.45) is 1.16. The number of rotatable bonds is 2. The second-order valence-electron chi connectivity index (χ2n) is 3.95. The Labute approximate surface area is 88.0 Å². The van der Waals surface area contributed by atoms with Crippen molar-refractivity contribution in [2.75, 3.05) is 6.26 Å². The topological polar surface area (TPSA) is 60.2 Å². The van der Waals surface area contributed by atoms with Gasteiger partial charge in [-0.2, -0.15) is 0 Å². The van der Waals surface area contributed by atoms with Crippen LogP contribution in [0.15, 0.2) is 24.3 Å². The Bertz CT molecular complexity index is 486. The van der Waals surface area contributed by atoms with Crippen molar-refractivity contribution < 1.29 is 12.8 Å². The summed E-state index contributed by atoms with van der Waals surface area (Å²) in [6.45, 7) is 0. The number of hydrogen-bond donors (Lipinski definition) is 1. The largest absolute Gasteiger partial charge is 0.326 e. The summed E-state index contributed by atoms with van der Waals surface area (Å²) in [7, 11) is -3.14. The van der Waals surface area contributed by atoms with Crippen molar-refractivity contribution in [3.05, 3.63) is 35.6 Å². The quantitative estimate of drug-likeness (QED) is 0.810. The van der Waals surface area contributed by atoms with Crippen LogP contribution in [-0.2, 0) is 9.84 Å². The maximum absolute atomic E-state index is 12.9. The molecule has 0 unspecified atom stereocenters. The third-order valence-electron chi connectivity index (χ3n) is 2.74. The molecule has 0 aliphatic heterocycles. The van der Waals surface area contributed by atoms with Crippen LogP contribution in [0.25, 0.3) is 0 Å². The molecule has 0 saturated heterocycles. The van der Waals surface area contributed by atoms with E-state index in [1.54, 1.807) is 12.1 Å². The van der Waals surface area contributed by atoms with Gasteiger partial charge in [0.1, 0.15) is 5.82 Å². The fraction of sp³-hybridized carbons (Fsp3) is 0.400. The number of hydrogen-bond acceptors (Lipinski definition) is 3. The van der Waals surface area contributed by atoms with Crippen molar-refractivity contribution in [3.8, 4) is 0 Å². The van der Waals surface area contributed by atoms with E-state index in [0.29, 0.717) is 5.56 Å². The first-order valence-corrected chi connectivity index (χ1v) is 6.56. The van der Waals surface area contributed by atoms with Crippen LogP contribution in [-0.4, -0.2) is 26.0 Å². The van der Waals surface area contributed by atoms with Crippen molar-refractivity contribution in [1.82, 2.24) is 0 Å². The summed E-state index contributed by atoms with van der Waals surface area (Å²) < 4.78 is 35.5. The standard InChI is InChI=1S/C10H12FNO2S/c1-15(13,14)10-8(9(10)12)6-3-2-4-7(11)5-6/h2-5,8-10H,12H2,1H3/t8-,9-,10-/m0/s1. The van der Waals surface area contributed by atoms with E-state index in [-0.39, 0.29) is 11.7 Å². The summed E-state index contributed by atoms with van der Waals surface area (Å²) in [5.41, 5.74) is 6.34. The lowest BCUT2D eigenvalue weighted by molar-refractivity contribution is 0.599. The maximum atomic E-state index is 12.9. The molecule has 0 aromatic heterocycles. The zero-order valence-corrected chi connectivity index (χ0v) is 9.04. The molecule has 3 nitrogen and oxygen atoms in total. The Balaban J connectivity index is 2.29. The van der Waals surface area contributed by atoms with Gasteiger partial charge in [-0.05, 0) is 17.7 Å². The van der Waals surface area contributed by atoms with E-state index < -0.39 is 21.1 Å². The van der Waals surface area contributed by atoms with Gasteiger partial charge in [0.05, 0.1) is 5.25 Å². The molecular formula is C10H12FNO2S. The van der Waals surface area contributed by atoms with Gasteiger partial charge in [-0.15, -0.1) is 0 Å². The van der Waals surface area contributed by atoms with Gasteiger partial charge in [-0.25, -0.2) is 12.8 Å². The van der Waals surface area contributed by atoms with E-state index in [4.69, 9.17) is 5.73 Å². The first-order chi connectivity index (χ1) is 6.91. The van der Waals surface area contributed by atoms with E-state index in [2.05, 4.69) is 0 Å². The second-order valence-corrected chi connectivity index (χ2v) is 6.16. The van der Waals surface area contributed by atoms with E-state index in [0.717, 1.165) is 6.26 Å². The molecule has 1 aliphatic carbocycles. The van der Waals surface area contributed by atoms with Gasteiger partial charge in [0.25, 0.3) is 0 Å². The highest BCUT2D eigenvalue weighted by Crippen LogP contribution is 2.44. The molecule has 5 heteroatoms. The molecular weight excluding hydrogens is 217 g/mol. The molecule has 0 amide bonds. The molecule has 3 atom stereocenters. The molecule has 1 fully saturated rings. The van der Waals surface area contributed by atoms with Gasteiger partial charge in [-0.1, -0.05) is 12.1 Å². The van der Waals surface area contributed by atoms with Crippen molar-refractivity contribution in [2.24, 2.45) is 5.73 Å². The molecule has 2 rings (SSSR count). The summed E-state index contributed by atoms with van der Waals surface area (Å²) in [5.74, 6) is -0.616. The molecule has 2 N–H and O–H groups in total. The van der Waals surface area contributed by atoms with Crippen molar-refractivity contribution in [3.63, 3.8) is 0 Å². The number of benzene rings is 1. The zero-order valence-electron chi connectivity index (χ0n) is 8.22. The summed E-state index contributed by atoms with van der Waals surface area (Å²) in [6, 6.07) is 5.54. The molecule has 1 saturated carbocycles. The molecule has 15 heavy (non-hydrogen) atoms. The molecule has 82 valence electrons. The van der Waals surface area contributed by atoms with Crippen LogP contribution in [0.5, 0.6) is 0 Å². The van der Waals surface area contributed by atoms with Gasteiger partial charge in [-0.3, -0.25) is 0 Å². The molecule has 0 bridgehead atoms. The first-order valence-electron chi connectivity index (χ1n) is 4.61. The predicted octanol–water partition coefficient (Wildman–Crippen LogP) is 0.663. The van der Waals surface area contributed by atoms with Crippen molar-refractivity contribution in [1.29, 1.82) is 0 Å². The van der Waals surface area contributed by atoms with Crippen LogP contribution in [0.3, 0.4) is 0 Å². The fourth-order valence-electron chi connectivity index (χ4n) is 1.98. The van der Waals surface area contributed by atoms with E-state index in [9.17, 15) is 12.8 Å². The third-order valence-corrected chi connectivity index (χ3v) is 4.33. The average molecular weight is 229 g/mol. The molecule has 0 heterocycles. The summed E-state index contributed by atoms with van der Waals surface area (Å²) in [5, 5.41) is -0.556. The van der Waals surface area contributed by atoms with E-state index in [1.807, 2.05) is 0 Å². The first kappa shape index (κ1) is 10.6. The highest BCUT2D eigenvalue weighted by molar-refractivity contribution is 7.91. The van der Waals surface area contributed by atoms with Gasteiger partial charge in [0.2, 0.25) is 0 Å². The summed E-state index contributed by atoms with van der Waals surface area (Å²) >= 11 is 0. The smallest absolute Gasteiger partial charge is 0.152 e. The highest BCUT2D eigenvalue weighted by Gasteiger charge is 2.54. The number of nitrogens with two attached hydrogens (primary N) is 1. The van der Waals surface area contributed by atoms with Gasteiger partial charge in [0, 0.05) is 18.2 Å². The Morgan fingerprint density at radius 3 is 2.53 bits per heavy atom. The Morgan fingerprint density at radius 2 is 2.07 bits per heavy atom. The van der Waals surface area contributed by atoms with E-state index >= 15 is 0 Å². The number of halogens is 1. The van der Waals surface area contributed by atoms with Crippen LogP contribution in [0.4, 0.5) is 4.39 Å². The predicted molar refractivity (Wildman–Crippen MR) is 55.7 cm³/mol. The highest BCUT2D eigenvalue weighted by atomic mass is 32.2. The van der Waals surface area contributed by atoms with Gasteiger partial charge < -0.3 is 5.73 Å². The number of sulfone groups is 1. The van der Waals surface area contributed by atoms with Gasteiger partial charge in [0.15, 0.2) is 9.84 Å². The van der Waals surface area contributed by atoms with Crippen molar-refractivity contribution in [2.45, 2.75) is 17.2 Å². The average Bonchev–Trinajstić information content (AvgIpc) is 2.76. The molecule has 0 spiro atoms. The Kier molecular flexibility index (Phi) is 2.31. The monoisotopic (exact) mass is 229 g/mol. The molecule has 0 radical (unpaired) electrons. The normalized spacial score (nSPS) is 30.2.